The van der Waals surface area contributed by atoms with Crippen molar-refractivity contribution in [3.63, 3.8) is 0 Å². The molecule has 1 aromatic carbocycles. The average Bonchev–Trinajstić information content (AvgIpc) is 2.72. The number of amides is 1. The van der Waals surface area contributed by atoms with Crippen molar-refractivity contribution in [2.75, 3.05) is 33.2 Å². The second-order valence-electron chi connectivity index (χ2n) is 7.99. The molecule has 1 aromatic heterocycles. The van der Waals surface area contributed by atoms with Crippen molar-refractivity contribution in [1.29, 1.82) is 0 Å². The number of aryl methyl sites for hydroxylation is 1. The number of hydrogen-bond acceptors (Lipinski definition) is 4. The van der Waals surface area contributed by atoms with Crippen LogP contribution in [0.2, 0.25) is 0 Å². The van der Waals surface area contributed by atoms with E-state index in [1.807, 2.05) is 6.92 Å². The molecule has 0 radical (unpaired) electrons. The Morgan fingerprint density at radius 3 is 2.77 bits per heavy atom. The summed E-state index contributed by atoms with van der Waals surface area (Å²) >= 11 is 0. The first kappa shape index (κ1) is 22.2. The van der Waals surface area contributed by atoms with Crippen LogP contribution in [0.25, 0.3) is 0 Å². The molecule has 162 valence electrons. The minimum absolute atomic E-state index is 0.149. The number of piperidine rings is 1. The van der Waals surface area contributed by atoms with E-state index >= 15 is 0 Å². The number of aromatic nitrogens is 2. The van der Waals surface area contributed by atoms with Gasteiger partial charge in [-0.2, -0.15) is 13.2 Å². The highest BCUT2D eigenvalue weighted by atomic mass is 19.4. The highest BCUT2D eigenvalue weighted by Crippen LogP contribution is 2.29. The van der Waals surface area contributed by atoms with Gasteiger partial charge in [0.25, 0.3) is 5.91 Å². The lowest BCUT2D eigenvalue weighted by atomic mass is 9.97. The number of halogens is 3. The molecule has 0 N–H and O–H groups in total. The standard InChI is InChI=1S/C22H27F3N4O/c1-16-12-27-20(13-26-16)21(30)28(2)14-18-6-4-9-29(15-18)10-8-17-5-3-7-19(11-17)22(23,24)25/h3,5,7,11-13,18H,4,6,8-10,14-15H2,1-2H3/t18-/m0/s1. The van der Waals surface area contributed by atoms with Crippen molar-refractivity contribution >= 4 is 5.91 Å². The maximum atomic E-state index is 12.9. The summed E-state index contributed by atoms with van der Waals surface area (Å²) < 4.78 is 38.7. The fourth-order valence-electron chi connectivity index (χ4n) is 3.86. The SMILES string of the molecule is Cc1cnc(C(=O)N(C)C[C@@H]2CCCN(CCc3cccc(C(F)(F)F)c3)C2)cn1. The number of benzene rings is 1. The van der Waals surface area contributed by atoms with Gasteiger partial charge in [-0.3, -0.25) is 9.78 Å². The molecule has 1 atom stereocenters. The van der Waals surface area contributed by atoms with Crippen LogP contribution in [-0.2, 0) is 12.6 Å². The minimum atomic E-state index is -4.31. The predicted octanol–water partition coefficient (Wildman–Crippen LogP) is 3.83. The fraction of sp³-hybridized carbons (Fsp3) is 0.500. The zero-order valence-electron chi connectivity index (χ0n) is 17.3. The summed E-state index contributed by atoms with van der Waals surface area (Å²) in [7, 11) is 1.77. The molecule has 1 amide bonds. The third-order valence-electron chi connectivity index (χ3n) is 5.45. The highest BCUT2D eigenvalue weighted by molar-refractivity contribution is 5.91. The molecule has 1 aliphatic rings. The largest absolute Gasteiger partial charge is 0.416 e. The van der Waals surface area contributed by atoms with E-state index in [2.05, 4.69) is 14.9 Å². The number of nitrogens with zero attached hydrogens (tertiary/aromatic N) is 4. The van der Waals surface area contributed by atoms with Crippen LogP contribution in [0, 0.1) is 12.8 Å². The van der Waals surface area contributed by atoms with Crippen LogP contribution in [0.15, 0.2) is 36.7 Å². The lowest BCUT2D eigenvalue weighted by Crippen LogP contribution is -2.42. The first-order chi connectivity index (χ1) is 14.2. The Morgan fingerprint density at radius 2 is 2.07 bits per heavy atom. The van der Waals surface area contributed by atoms with Crippen molar-refractivity contribution in [2.24, 2.45) is 5.92 Å². The summed E-state index contributed by atoms with van der Waals surface area (Å²) in [5.74, 6) is 0.177. The zero-order valence-corrected chi connectivity index (χ0v) is 17.3. The summed E-state index contributed by atoms with van der Waals surface area (Å²) in [5.41, 5.74) is 1.19. The van der Waals surface area contributed by atoms with Crippen LogP contribution >= 0.6 is 0 Å². The van der Waals surface area contributed by atoms with Crippen molar-refractivity contribution in [3.05, 3.63) is 59.2 Å². The monoisotopic (exact) mass is 420 g/mol. The quantitative estimate of drug-likeness (QED) is 0.713. The van der Waals surface area contributed by atoms with E-state index in [1.165, 1.54) is 18.3 Å². The highest BCUT2D eigenvalue weighted by Gasteiger charge is 2.30. The van der Waals surface area contributed by atoms with E-state index in [0.717, 1.165) is 37.7 Å². The molecule has 0 spiro atoms. The van der Waals surface area contributed by atoms with Crippen LogP contribution in [0.1, 0.15) is 40.2 Å². The van der Waals surface area contributed by atoms with Gasteiger partial charge in [-0.25, -0.2) is 4.98 Å². The molecule has 2 aromatic rings. The molecule has 1 aliphatic heterocycles. The van der Waals surface area contributed by atoms with Gasteiger partial charge in [0.1, 0.15) is 5.69 Å². The smallest absolute Gasteiger partial charge is 0.340 e. The molecule has 0 saturated carbocycles. The van der Waals surface area contributed by atoms with Gasteiger partial charge in [-0.1, -0.05) is 18.2 Å². The van der Waals surface area contributed by atoms with Crippen molar-refractivity contribution in [1.82, 2.24) is 19.8 Å². The second kappa shape index (κ2) is 9.55. The zero-order chi connectivity index (χ0) is 21.7. The number of alkyl halides is 3. The third kappa shape index (κ3) is 6.01. The maximum Gasteiger partial charge on any atom is 0.416 e. The van der Waals surface area contributed by atoms with E-state index in [0.29, 0.717) is 36.7 Å². The lowest BCUT2D eigenvalue weighted by Gasteiger charge is -2.34. The first-order valence-corrected chi connectivity index (χ1v) is 10.1. The summed E-state index contributed by atoms with van der Waals surface area (Å²) in [6.45, 7) is 4.90. The normalized spacial score (nSPS) is 17.7. The van der Waals surface area contributed by atoms with Crippen LogP contribution in [0.5, 0.6) is 0 Å². The van der Waals surface area contributed by atoms with E-state index in [-0.39, 0.29) is 5.91 Å². The average molecular weight is 420 g/mol. The summed E-state index contributed by atoms with van der Waals surface area (Å²) in [6, 6.07) is 5.54. The van der Waals surface area contributed by atoms with Crippen LogP contribution in [0.3, 0.4) is 0 Å². The van der Waals surface area contributed by atoms with E-state index in [1.54, 1.807) is 24.2 Å². The van der Waals surface area contributed by atoms with Crippen LogP contribution < -0.4 is 0 Å². The van der Waals surface area contributed by atoms with Gasteiger partial charge >= 0.3 is 6.18 Å². The van der Waals surface area contributed by atoms with Crippen molar-refractivity contribution in [2.45, 2.75) is 32.4 Å². The maximum absolute atomic E-state index is 12.9. The van der Waals surface area contributed by atoms with Gasteiger partial charge in [0, 0.05) is 32.9 Å². The molecule has 5 nitrogen and oxygen atoms in total. The third-order valence-corrected chi connectivity index (χ3v) is 5.45. The number of carbonyl (C=O) groups is 1. The van der Waals surface area contributed by atoms with Crippen LogP contribution in [0.4, 0.5) is 13.2 Å². The second-order valence-corrected chi connectivity index (χ2v) is 7.99. The van der Waals surface area contributed by atoms with Gasteiger partial charge in [0.05, 0.1) is 17.5 Å². The minimum Gasteiger partial charge on any atom is -0.340 e. The van der Waals surface area contributed by atoms with Gasteiger partial charge in [0.2, 0.25) is 0 Å². The Bertz CT molecular complexity index is 854. The Morgan fingerprint density at radius 1 is 1.27 bits per heavy atom. The summed E-state index contributed by atoms with van der Waals surface area (Å²) in [6.07, 6.45) is 1.38. The predicted molar refractivity (Wildman–Crippen MR) is 108 cm³/mol. The van der Waals surface area contributed by atoms with Crippen molar-refractivity contribution in [3.8, 4) is 0 Å². The molecule has 2 heterocycles. The van der Waals surface area contributed by atoms with Gasteiger partial charge < -0.3 is 9.80 Å². The topological polar surface area (TPSA) is 49.3 Å². The van der Waals surface area contributed by atoms with Gasteiger partial charge in [-0.15, -0.1) is 0 Å². The number of likely N-dealkylation sites (tertiary alicyclic amines) is 1. The molecule has 0 aliphatic carbocycles. The number of rotatable bonds is 6. The molecular weight excluding hydrogens is 393 g/mol. The van der Waals surface area contributed by atoms with E-state index in [9.17, 15) is 18.0 Å². The summed E-state index contributed by atoms with van der Waals surface area (Å²) in [5, 5.41) is 0. The molecule has 1 fully saturated rings. The number of hydrogen-bond donors (Lipinski definition) is 0. The lowest BCUT2D eigenvalue weighted by molar-refractivity contribution is -0.137. The van der Waals surface area contributed by atoms with Crippen molar-refractivity contribution < 1.29 is 18.0 Å². The molecule has 1 saturated heterocycles. The van der Waals surface area contributed by atoms with Gasteiger partial charge in [-0.05, 0) is 50.3 Å². The first-order valence-electron chi connectivity index (χ1n) is 10.1. The molecule has 8 heteroatoms. The Labute approximate surface area is 174 Å². The van der Waals surface area contributed by atoms with E-state index < -0.39 is 11.7 Å². The molecule has 30 heavy (non-hydrogen) atoms. The Hall–Kier alpha value is -2.48. The Balaban J connectivity index is 1.51. The number of carbonyl (C=O) groups excluding carboxylic acids is 1. The fourth-order valence-corrected chi connectivity index (χ4v) is 3.86. The molecule has 0 unspecified atom stereocenters. The van der Waals surface area contributed by atoms with Crippen LogP contribution in [-0.4, -0.2) is 58.9 Å². The Kier molecular flexibility index (Phi) is 7.07. The van der Waals surface area contributed by atoms with E-state index in [4.69, 9.17) is 0 Å². The molecular formula is C22H27F3N4O. The van der Waals surface area contributed by atoms with Gasteiger partial charge in [0.15, 0.2) is 0 Å². The molecule has 0 bridgehead atoms. The summed E-state index contributed by atoms with van der Waals surface area (Å²) in [4.78, 5) is 24.8. The molecule has 3 rings (SSSR count).